The molecule has 11 nitrogen and oxygen atoms in total. The van der Waals surface area contributed by atoms with Crippen LogP contribution in [0.3, 0.4) is 0 Å². The van der Waals surface area contributed by atoms with E-state index in [0.29, 0.717) is 69.2 Å². The molecule has 6 aromatic rings. The number of benzene rings is 1. The largest absolute Gasteiger partial charge is 2.00 e. The van der Waals surface area contributed by atoms with Crippen LogP contribution in [0.2, 0.25) is 0 Å². The number of aliphatic imine (C=N–C) groups is 1. The Labute approximate surface area is 247 Å². The van der Waals surface area contributed by atoms with Crippen molar-refractivity contribution in [2.45, 2.75) is 6.42 Å². The molecule has 0 fully saturated rings. The summed E-state index contributed by atoms with van der Waals surface area (Å²) in [5, 5.41) is 2.44. The second-order valence-corrected chi connectivity index (χ2v) is 9.57. The number of rotatable bonds is 0. The topological polar surface area (TPSA) is 144 Å². The third-order valence-electron chi connectivity index (χ3n) is 7.14. The van der Waals surface area contributed by atoms with Gasteiger partial charge in [0, 0.05) is 57.7 Å². The second kappa shape index (κ2) is 9.30. The van der Waals surface area contributed by atoms with Gasteiger partial charge in [0.1, 0.15) is 17.3 Å². The average Bonchev–Trinajstić information content (AvgIpc) is 3.67. The summed E-state index contributed by atoms with van der Waals surface area (Å²) in [6, 6.07) is 15.4. The molecule has 0 amide bonds. The molecule has 201 valence electrons. The Balaban J connectivity index is 0.00000267. The van der Waals surface area contributed by atoms with Crippen LogP contribution in [-0.4, -0.2) is 46.1 Å². The third-order valence-corrected chi connectivity index (χ3v) is 7.14. The summed E-state index contributed by atoms with van der Waals surface area (Å²) in [4.78, 5) is 52.6. The van der Waals surface area contributed by atoms with Gasteiger partial charge in [-0.3, -0.25) is 15.0 Å². The summed E-state index contributed by atoms with van der Waals surface area (Å²) in [5.74, 6) is 1.78. The minimum atomic E-state index is 0. The molecule has 1 aromatic carbocycles. The van der Waals surface area contributed by atoms with E-state index < -0.39 is 0 Å². The van der Waals surface area contributed by atoms with Gasteiger partial charge in [-0.1, -0.05) is 36.4 Å². The molecule has 8 bridgehead atoms. The zero-order valence-corrected chi connectivity index (χ0v) is 22.4. The van der Waals surface area contributed by atoms with Crippen molar-refractivity contribution in [2.75, 3.05) is 0 Å². The number of hydrogen-bond acceptors (Lipinski definition) is 9. The van der Waals surface area contributed by atoms with E-state index in [9.17, 15) is 0 Å². The molecule has 8 heterocycles. The second-order valence-electron chi connectivity index (χ2n) is 9.57. The first-order valence-electron chi connectivity index (χ1n) is 12.9. The standard InChI is InChI=1S/C30H15N11.Cu/c1-2-8-16-15(7-1)23-34-24(16)36-28-20-17(9-3-4-12-31-20)26(38-28)39-30-22-19(11-6-14-33-22)27(41-30)40-29-21-18(10-5-13-32-21)25(35-23)37-29;/h1-8,10-14H,9H2;/q-2;+2. The SMILES string of the molecule is C1=CCC2=C(N=C1)c1nc2nc2[n-]c(nc3nc(nc4[n-]c(n1)c1ccccc41)-c1cccnc1-3)c1cccnc21.[Cu+2]. The van der Waals surface area contributed by atoms with E-state index in [1.165, 1.54) is 0 Å². The average molecular weight is 593 g/mol. The number of aromatic nitrogens is 10. The first-order valence-corrected chi connectivity index (χ1v) is 12.9. The Kier molecular flexibility index (Phi) is 5.39. The molecule has 0 saturated heterocycles. The number of pyridine rings is 2. The molecule has 0 N–H and O–H groups in total. The van der Waals surface area contributed by atoms with Crippen LogP contribution >= 0.6 is 0 Å². The van der Waals surface area contributed by atoms with Crippen LogP contribution in [0, 0.1) is 0 Å². The number of fused-ring (bicyclic) bond motifs is 19. The molecule has 0 aliphatic carbocycles. The van der Waals surface area contributed by atoms with Crippen LogP contribution < -0.4 is 9.97 Å². The number of allylic oxidation sites excluding steroid dienone is 3. The van der Waals surface area contributed by atoms with E-state index in [-0.39, 0.29) is 17.1 Å². The van der Waals surface area contributed by atoms with E-state index in [1.54, 1.807) is 18.6 Å². The van der Waals surface area contributed by atoms with Crippen LogP contribution in [0.15, 0.2) is 78.1 Å². The zero-order chi connectivity index (χ0) is 26.9. The molecule has 1 radical (unpaired) electrons. The zero-order valence-electron chi connectivity index (χ0n) is 21.4. The fraction of sp³-hybridized carbons (Fsp3) is 0.0333. The molecule has 5 aromatic heterocycles. The molecule has 12 heteroatoms. The van der Waals surface area contributed by atoms with Crippen molar-refractivity contribution in [3.05, 3.63) is 84.7 Å². The Morgan fingerprint density at radius 2 is 1.26 bits per heavy atom. The molecule has 42 heavy (non-hydrogen) atoms. The Hall–Kier alpha value is -5.45. The van der Waals surface area contributed by atoms with Gasteiger partial charge in [0.05, 0.1) is 22.9 Å². The van der Waals surface area contributed by atoms with Crippen molar-refractivity contribution in [2.24, 2.45) is 4.99 Å². The van der Waals surface area contributed by atoms with E-state index in [0.717, 1.165) is 27.3 Å². The quantitative estimate of drug-likeness (QED) is 0.231. The van der Waals surface area contributed by atoms with Crippen LogP contribution in [0.5, 0.6) is 0 Å². The summed E-state index contributed by atoms with van der Waals surface area (Å²) in [5.41, 5.74) is 5.32. The van der Waals surface area contributed by atoms with Gasteiger partial charge in [0.15, 0.2) is 0 Å². The number of hydrogen-bond donors (Lipinski definition) is 0. The Morgan fingerprint density at radius 3 is 2.14 bits per heavy atom. The molecular weight excluding hydrogens is 578 g/mol. The number of nitrogens with zero attached hydrogens (tertiary/aromatic N) is 11. The van der Waals surface area contributed by atoms with Gasteiger partial charge in [0.2, 0.25) is 0 Å². The van der Waals surface area contributed by atoms with Crippen LogP contribution in [0.25, 0.3) is 78.4 Å². The molecule has 3 aliphatic heterocycles. The van der Waals surface area contributed by atoms with Gasteiger partial charge >= 0.3 is 17.1 Å². The summed E-state index contributed by atoms with van der Waals surface area (Å²) >= 11 is 0. The van der Waals surface area contributed by atoms with Crippen LogP contribution in [-0.2, 0) is 17.1 Å². The maximum Gasteiger partial charge on any atom is 2.00 e. The molecular formula is C30H15CuN11. The summed E-state index contributed by atoms with van der Waals surface area (Å²) in [7, 11) is 0. The fourth-order valence-electron chi connectivity index (χ4n) is 5.27. The smallest absolute Gasteiger partial charge is 0.357 e. The first-order chi connectivity index (χ1) is 20.3. The predicted octanol–water partition coefficient (Wildman–Crippen LogP) is 4.48. The summed E-state index contributed by atoms with van der Waals surface area (Å²) in [6.07, 6.45) is 9.67. The minimum Gasteiger partial charge on any atom is -0.357 e. The normalized spacial score (nSPS) is 13.6. The van der Waals surface area contributed by atoms with Gasteiger partial charge in [0.25, 0.3) is 0 Å². The molecule has 3 aliphatic rings. The molecule has 0 saturated carbocycles. The van der Waals surface area contributed by atoms with Crippen molar-refractivity contribution in [1.82, 2.24) is 49.8 Å². The summed E-state index contributed by atoms with van der Waals surface area (Å²) in [6.45, 7) is 0. The van der Waals surface area contributed by atoms with E-state index in [4.69, 9.17) is 39.9 Å². The first kappa shape index (κ1) is 24.4. The van der Waals surface area contributed by atoms with Crippen molar-refractivity contribution in [1.29, 1.82) is 0 Å². The summed E-state index contributed by atoms with van der Waals surface area (Å²) < 4.78 is 0. The van der Waals surface area contributed by atoms with Gasteiger partial charge in [-0.05, 0) is 41.5 Å². The minimum absolute atomic E-state index is 0. The molecule has 0 unspecified atom stereocenters. The van der Waals surface area contributed by atoms with Crippen molar-refractivity contribution in [3.8, 4) is 22.9 Å². The maximum atomic E-state index is 4.91. The van der Waals surface area contributed by atoms with Crippen LogP contribution in [0.4, 0.5) is 0 Å². The predicted molar refractivity (Wildman–Crippen MR) is 154 cm³/mol. The van der Waals surface area contributed by atoms with Crippen molar-refractivity contribution in [3.63, 3.8) is 0 Å². The third kappa shape index (κ3) is 3.63. The molecule has 0 atom stereocenters. The Bertz CT molecular complexity index is 2360. The van der Waals surface area contributed by atoms with Crippen molar-refractivity contribution < 1.29 is 17.1 Å². The Morgan fingerprint density at radius 1 is 0.595 bits per heavy atom. The molecule has 0 spiro atoms. The maximum absolute atomic E-state index is 4.91. The van der Waals surface area contributed by atoms with E-state index in [1.807, 2.05) is 60.7 Å². The van der Waals surface area contributed by atoms with Gasteiger partial charge in [-0.15, -0.1) is 0 Å². The van der Waals surface area contributed by atoms with Crippen LogP contribution in [0.1, 0.15) is 18.1 Å². The van der Waals surface area contributed by atoms with Gasteiger partial charge < -0.3 is 29.9 Å². The van der Waals surface area contributed by atoms with E-state index >= 15 is 0 Å². The van der Waals surface area contributed by atoms with Crippen molar-refractivity contribution >= 4 is 61.7 Å². The van der Waals surface area contributed by atoms with Gasteiger partial charge in [-0.2, -0.15) is 0 Å². The monoisotopic (exact) mass is 592 g/mol. The molecule has 9 rings (SSSR count). The van der Waals surface area contributed by atoms with Gasteiger partial charge in [-0.25, -0.2) is 9.97 Å². The van der Waals surface area contributed by atoms with E-state index in [2.05, 4.69) is 15.0 Å². The fourth-order valence-corrected chi connectivity index (χ4v) is 5.27.